The molecule has 2 rings (SSSR count). The number of aliphatic hydroxyl groups excluding tert-OH is 2. The SMILES string of the molecule is O=[N+]([O-])c1ccc([C@@H](O)[C@@H](O)c2ccc([N+](=O)[O-])cc2)cc1. The molecule has 0 aliphatic rings. The molecule has 0 aliphatic heterocycles. The van der Waals surface area contributed by atoms with Gasteiger partial charge < -0.3 is 10.2 Å². The Morgan fingerprint density at radius 3 is 1.18 bits per heavy atom. The average Bonchev–Trinajstić information content (AvgIpc) is 2.53. The number of hydrogen-bond donors (Lipinski definition) is 2. The fourth-order valence-corrected chi connectivity index (χ4v) is 1.95. The summed E-state index contributed by atoms with van der Waals surface area (Å²) in [6.45, 7) is 0. The van der Waals surface area contributed by atoms with Crippen LogP contribution in [0.1, 0.15) is 23.3 Å². The minimum atomic E-state index is -1.30. The van der Waals surface area contributed by atoms with E-state index < -0.39 is 22.1 Å². The Labute approximate surface area is 124 Å². The minimum absolute atomic E-state index is 0.124. The van der Waals surface area contributed by atoms with E-state index in [-0.39, 0.29) is 11.4 Å². The molecular formula is C14H12N2O6. The maximum atomic E-state index is 10.6. The van der Waals surface area contributed by atoms with Gasteiger partial charge in [-0.3, -0.25) is 20.2 Å². The Balaban J connectivity index is 2.18. The quantitative estimate of drug-likeness (QED) is 0.644. The summed E-state index contributed by atoms with van der Waals surface area (Å²) in [5.41, 5.74) is 0.356. The molecule has 0 fully saturated rings. The van der Waals surface area contributed by atoms with E-state index in [4.69, 9.17) is 0 Å². The molecule has 0 amide bonds. The lowest BCUT2D eigenvalue weighted by molar-refractivity contribution is -0.385. The Kier molecular flexibility index (Phi) is 4.44. The van der Waals surface area contributed by atoms with Gasteiger partial charge in [0.1, 0.15) is 12.2 Å². The second-order valence-corrected chi connectivity index (χ2v) is 4.59. The number of nitro groups is 2. The zero-order valence-electron chi connectivity index (χ0n) is 11.2. The number of rotatable bonds is 5. The van der Waals surface area contributed by atoms with Crippen molar-refractivity contribution in [2.45, 2.75) is 12.2 Å². The molecule has 22 heavy (non-hydrogen) atoms. The molecule has 2 N–H and O–H groups in total. The summed E-state index contributed by atoms with van der Waals surface area (Å²) < 4.78 is 0. The van der Waals surface area contributed by atoms with Gasteiger partial charge in [-0.1, -0.05) is 0 Å². The molecule has 8 heteroatoms. The second kappa shape index (κ2) is 6.29. The van der Waals surface area contributed by atoms with E-state index in [9.17, 15) is 30.4 Å². The summed E-state index contributed by atoms with van der Waals surface area (Å²) >= 11 is 0. The van der Waals surface area contributed by atoms with Crippen molar-refractivity contribution >= 4 is 11.4 Å². The van der Waals surface area contributed by atoms with E-state index in [1.807, 2.05) is 0 Å². The van der Waals surface area contributed by atoms with Crippen LogP contribution in [0.2, 0.25) is 0 Å². The third kappa shape index (κ3) is 3.25. The van der Waals surface area contributed by atoms with Crippen molar-refractivity contribution in [1.29, 1.82) is 0 Å². The molecule has 0 heterocycles. The van der Waals surface area contributed by atoms with Crippen molar-refractivity contribution in [3.8, 4) is 0 Å². The van der Waals surface area contributed by atoms with E-state index in [2.05, 4.69) is 0 Å². The predicted octanol–water partition coefficient (Wildman–Crippen LogP) is 2.27. The van der Waals surface area contributed by atoms with Crippen LogP contribution in [0.25, 0.3) is 0 Å². The first kappa shape index (κ1) is 15.5. The number of nitro benzene ring substituents is 2. The normalized spacial score (nSPS) is 13.4. The Morgan fingerprint density at radius 2 is 0.955 bits per heavy atom. The van der Waals surface area contributed by atoms with Crippen LogP contribution >= 0.6 is 0 Å². The average molecular weight is 304 g/mol. The monoisotopic (exact) mass is 304 g/mol. The van der Waals surface area contributed by atoms with Crippen molar-refractivity contribution in [3.63, 3.8) is 0 Å². The largest absolute Gasteiger partial charge is 0.385 e. The fourth-order valence-electron chi connectivity index (χ4n) is 1.95. The summed E-state index contributed by atoms with van der Waals surface area (Å²) in [6.07, 6.45) is -2.61. The second-order valence-electron chi connectivity index (χ2n) is 4.59. The number of benzene rings is 2. The van der Waals surface area contributed by atoms with Crippen LogP contribution < -0.4 is 0 Å². The number of nitrogens with zero attached hydrogens (tertiary/aromatic N) is 2. The van der Waals surface area contributed by atoms with Gasteiger partial charge in [-0.05, 0) is 35.4 Å². The molecule has 0 aromatic heterocycles. The number of aliphatic hydroxyl groups is 2. The zero-order chi connectivity index (χ0) is 16.3. The molecule has 114 valence electrons. The van der Waals surface area contributed by atoms with Gasteiger partial charge in [0.15, 0.2) is 0 Å². The van der Waals surface area contributed by atoms with Crippen molar-refractivity contribution < 1.29 is 20.1 Å². The van der Waals surface area contributed by atoms with Crippen LogP contribution in [0.3, 0.4) is 0 Å². The lowest BCUT2D eigenvalue weighted by atomic mass is 9.98. The van der Waals surface area contributed by atoms with Gasteiger partial charge in [-0.15, -0.1) is 0 Å². The molecule has 0 unspecified atom stereocenters. The molecule has 0 saturated carbocycles. The highest BCUT2D eigenvalue weighted by molar-refractivity contribution is 5.37. The summed E-state index contributed by atoms with van der Waals surface area (Å²) in [4.78, 5) is 20.0. The molecule has 0 spiro atoms. The summed E-state index contributed by atoms with van der Waals surface area (Å²) in [5.74, 6) is 0. The van der Waals surface area contributed by atoms with Crippen molar-refractivity contribution in [1.82, 2.24) is 0 Å². The van der Waals surface area contributed by atoms with Gasteiger partial charge in [-0.25, -0.2) is 0 Å². The lowest BCUT2D eigenvalue weighted by Crippen LogP contribution is -2.10. The van der Waals surface area contributed by atoms with Crippen molar-refractivity contribution in [2.24, 2.45) is 0 Å². The molecular weight excluding hydrogens is 292 g/mol. The predicted molar refractivity (Wildman–Crippen MR) is 76.1 cm³/mol. The molecule has 0 radical (unpaired) electrons. The molecule has 2 aromatic carbocycles. The van der Waals surface area contributed by atoms with Gasteiger partial charge in [-0.2, -0.15) is 0 Å². The van der Waals surface area contributed by atoms with Gasteiger partial charge in [0.2, 0.25) is 0 Å². The van der Waals surface area contributed by atoms with E-state index >= 15 is 0 Å². The number of non-ortho nitro benzene ring substituents is 2. The third-order valence-electron chi connectivity index (χ3n) is 3.19. The number of hydrogen-bond acceptors (Lipinski definition) is 6. The van der Waals surface area contributed by atoms with Gasteiger partial charge in [0.25, 0.3) is 11.4 Å². The first-order valence-electron chi connectivity index (χ1n) is 6.25. The van der Waals surface area contributed by atoms with E-state index in [1.165, 1.54) is 48.5 Å². The maximum absolute atomic E-state index is 10.6. The highest BCUT2D eigenvalue weighted by Crippen LogP contribution is 2.30. The van der Waals surface area contributed by atoms with Gasteiger partial charge in [0, 0.05) is 24.3 Å². The summed E-state index contributed by atoms with van der Waals surface area (Å²) in [6, 6.07) is 10.3. The molecule has 0 bridgehead atoms. The summed E-state index contributed by atoms with van der Waals surface area (Å²) in [5, 5.41) is 41.3. The molecule has 0 aliphatic carbocycles. The van der Waals surface area contributed by atoms with Crippen LogP contribution in [0.15, 0.2) is 48.5 Å². The van der Waals surface area contributed by atoms with Gasteiger partial charge >= 0.3 is 0 Å². The lowest BCUT2D eigenvalue weighted by Gasteiger charge is -2.18. The van der Waals surface area contributed by atoms with E-state index in [0.717, 1.165) is 0 Å². The van der Waals surface area contributed by atoms with E-state index in [1.54, 1.807) is 0 Å². The fraction of sp³-hybridized carbons (Fsp3) is 0.143. The first-order chi connectivity index (χ1) is 10.4. The van der Waals surface area contributed by atoms with Gasteiger partial charge in [0.05, 0.1) is 9.85 Å². The highest BCUT2D eigenvalue weighted by atomic mass is 16.6. The molecule has 2 aromatic rings. The van der Waals surface area contributed by atoms with Crippen LogP contribution in [-0.4, -0.2) is 20.1 Å². The van der Waals surface area contributed by atoms with Crippen LogP contribution in [0.4, 0.5) is 11.4 Å². The Morgan fingerprint density at radius 1 is 0.682 bits per heavy atom. The van der Waals surface area contributed by atoms with E-state index in [0.29, 0.717) is 11.1 Å². The highest BCUT2D eigenvalue weighted by Gasteiger charge is 2.21. The van der Waals surface area contributed by atoms with Crippen LogP contribution in [0, 0.1) is 20.2 Å². The van der Waals surface area contributed by atoms with Crippen LogP contribution in [-0.2, 0) is 0 Å². The molecule has 0 saturated heterocycles. The standard InChI is InChI=1S/C14H12N2O6/c17-13(9-1-5-11(6-2-9)15(19)20)14(18)10-3-7-12(8-4-10)16(21)22/h1-8,13-14,17-18H/t13-,14+. The van der Waals surface area contributed by atoms with Crippen molar-refractivity contribution in [3.05, 3.63) is 79.9 Å². The molecule has 8 nitrogen and oxygen atoms in total. The zero-order valence-corrected chi connectivity index (χ0v) is 11.2. The maximum Gasteiger partial charge on any atom is 0.269 e. The van der Waals surface area contributed by atoms with Crippen molar-refractivity contribution in [2.75, 3.05) is 0 Å². The first-order valence-corrected chi connectivity index (χ1v) is 6.25. The smallest absolute Gasteiger partial charge is 0.269 e. The van der Waals surface area contributed by atoms with Crippen LogP contribution in [0.5, 0.6) is 0 Å². The topological polar surface area (TPSA) is 127 Å². The Bertz CT molecular complexity index is 622. The third-order valence-corrected chi connectivity index (χ3v) is 3.19. The minimum Gasteiger partial charge on any atom is -0.385 e. The Hall–Kier alpha value is -2.84. The summed E-state index contributed by atoms with van der Waals surface area (Å²) in [7, 11) is 0. The molecule has 2 atom stereocenters.